The van der Waals surface area contributed by atoms with E-state index in [2.05, 4.69) is 4.74 Å². The van der Waals surface area contributed by atoms with Gasteiger partial charge in [-0.15, -0.1) is 0 Å². The van der Waals surface area contributed by atoms with Crippen molar-refractivity contribution in [3.8, 4) is 5.75 Å². The van der Waals surface area contributed by atoms with Crippen LogP contribution in [0.1, 0.15) is 18.9 Å². The van der Waals surface area contributed by atoms with E-state index in [1.54, 1.807) is 38.3 Å². The lowest BCUT2D eigenvalue weighted by atomic mass is 9.91. The molecule has 1 aromatic rings. The van der Waals surface area contributed by atoms with Crippen molar-refractivity contribution in [2.75, 3.05) is 14.2 Å². The molecule has 0 heterocycles. The zero-order chi connectivity index (χ0) is 12.2. The summed E-state index contributed by atoms with van der Waals surface area (Å²) in [5, 5.41) is 10.2. The van der Waals surface area contributed by atoms with Gasteiger partial charge in [-0.1, -0.05) is 19.1 Å². The topological polar surface area (TPSA) is 55.8 Å². The summed E-state index contributed by atoms with van der Waals surface area (Å²) in [5.74, 6) is 0.0206. The standard InChI is InChI=1S/C12H16O4/c1-4-12(14,11(13)16-3)9-5-7-10(15-2)8-6-9/h5-8,14H,4H2,1-3H3. The molecule has 0 spiro atoms. The monoisotopic (exact) mass is 224 g/mol. The second-order valence-corrected chi connectivity index (χ2v) is 3.43. The average Bonchev–Trinajstić information content (AvgIpc) is 2.36. The summed E-state index contributed by atoms with van der Waals surface area (Å²) >= 11 is 0. The fourth-order valence-electron chi connectivity index (χ4n) is 1.50. The van der Waals surface area contributed by atoms with Gasteiger partial charge in [0, 0.05) is 0 Å². The smallest absolute Gasteiger partial charge is 0.342 e. The Morgan fingerprint density at radius 1 is 1.31 bits per heavy atom. The summed E-state index contributed by atoms with van der Waals surface area (Å²) in [6.07, 6.45) is 0.256. The summed E-state index contributed by atoms with van der Waals surface area (Å²) in [6.45, 7) is 1.72. The molecule has 4 nitrogen and oxygen atoms in total. The highest BCUT2D eigenvalue weighted by Gasteiger charge is 2.37. The van der Waals surface area contributed by atoms with E-state index in [4.69, 9.17) is 4.74 Å². The minimum Gasteiger partial charge on any atom is -0.497 e. The number of esters is 1. The minimum atomic E-state index is -1.58. The summed E-state index contributed by atoms with van der Waals surface area (Å²) in [6, 6.07) is 6.69. The molecule has 16 heavy (non-hydrogen) atoms. The van der Waals surface area contributed by atoms with Crippen molar-refractivity contribution in [2.45, 2.75) is 18.9 Å². The number of benzene rings is 1. The van der Waals surface area contributed by atoms with Gasteiger partial charge in [-0.25, -0.2) is 4.79 Å². The largest absolute Gasteiger partial charge is 0.497 e. The molecule has 0 bridgehead atoms. The molecule has 1 atom stereocenters. The molecule has 0 aliphatic rings. The number of hydrogen-bond acceptors (Lipinski definition) is 4. The minimum absolute atomic E-state index is 0.256. The number of aliphatic hydroxyl groups is 1. The zero-order valence-corrected chi connectivity index (χ0v) is 9.69. The number of carbonyl (C=O) groups is 1. The van der Waals surface area contributed by atoms with E-state index >= 15 is 0 Å². The maximum atomic E-state index is 11.5. The Kier molecular flexibility index (Phi) is 3.90. The first kappa shape index (κ1) is 12.5. The number of ether oxygens (including phenoxy) is 2. The van der Waals surface area contributed by atoms with Gasteiger partial charge in [-0.2, -0.15) is 0 Å². The predicted octanol–water partition coefficient (Wildman–Crippen LogP) is 1.47. The van der Waals surface area contributed by atoms with Crippen molar-refractivity contribution in [1.82, 2.24) is 0 Å². The Morgan fingerprint density at radius 3 is 2.25 bits per heavy atom. The fourth-order valence-corrected chi connectivity index (χ4v) is 1.50. The molecule has 0 fully saturated rings. The molecule has 0 radical (unpaired) electrons. The van der Waals surface area contributed by atoms with E-state index in [0.717, 1.165) is 0 Å². The van der Waals surface area contributed by atoms with Gasteiger partial charge in [0.1, 0.15) is 5.75 Å². The molecule has 0 aliphatic carbocycles. The summed E-state index contributed by atoms with van der Waals surface area (Å²) in [4.78, 5) is 11.5. The Hall–Kier alpha value is -1.55. The molecule has 0 amide bonds. The SMILES string of the molecule is CCC(O)(C(=O)OC)c1ccc(OC)cc1. The maximum Gasteiger partial charge on any atom is 0.342 e. The molecule has 88 valence electrons. The second kappa shape index (κ2) is 4.99. The van der Waals surface area contributed by atoms with Crippen molar-refractivity contribution in [1.29, 1.82) is 0 Å². The lowest BCUT2D eigenvalue weighted by molar-refractivity contribution is -0.164. The van der Waals surface area contributed by atoms with E-state index in [9.17, 15) is 9.90 Å². The quantitative estimate of drug-likeness (QED) is 0.787. The van der Waals surface area contributed by atoms with Crippen LogP contribution in [0.15, 0.2) is 24.3 Å². The molecular weight excluding hydrogens is 208 g/mol. The van der Waals surface area contributed by atoms with Crippen LogP contribution >= 0.6 is 0 Å². The lowest BCUT2D eigenvalue weighted by Crippen LogP contribution is -2.36. The first-order valence-electron chi connectivity index (χ1n) is 5.03. The number of carbonyl (C=O) groups excluding carboxylic acids is 1. The number of rotatable bonds is 4. The van der Waals surface area contributed by atoms with Crippen LogP contribution in [-0.4, -0.2) is 25.3 Å². The molecule has 4 heteroatoms. The van der Waals surface area contributed by atoms with Crippen molar-refractivity contribution >= 4 is 5.97 Å². The third-order valence-electron chi connectivity index (χ3n) is 2.60. The van der Waals surface area contributed by atoms with Crippen LogP contribution in [0.3, 0.4) is 0 Å². The van der Waals surface area contributed by atoms with Gasteiger partial charge >= 0.3 is 5.97 Å². The van der Waals surface area contributed by atoms with E-state index in [-0.39, 0.29) is 6.42 Å². The molecule has 1 rings (SSSR count). The Morgan fingerprint density at radius 2 is 1.88 bits per heavy atom. The van der Waals surface area contributed by atoms with E-state index in [1.165, 1.54) is 7.11 Å². The van der Waals surface area contributed by atoms with Gasteiger partial charge in [0.15, 0.2) is 5.60 Å². The zero-order valence-electron chi connectivity index (χ0n) is 9.69. The highest BCUT2D eigenvalue weighted by atomic mass is 16.5. The number of methoxy groups -OCH3 is 2. The van der Waals surface area contributed by atoms with Crippen LogP contribution in [0.25, 0.3) is 0 Å². The van der Waals surface area contributed by atoms with Gasteiger partial charge in [-0.3, -0.25) is 0 Å². The van der Waals surface area contributed by atoms with Crippen LogP contribution in [0.5, 0.6) is 5.75 Å². The predicted molar refractivity (Wildman–Crippen MR) is 59.2 cm³/mol. The maximum absolute atomic E-state index is 11.5. The van der Waals surface area contributed by atoms with Crippen LogP contribution in [0.4, 0.5) is 0 Å². The van der Waals surface area contributed by atoms with E-state index in [1.807, 2.05) is 0 Å². The normalized spacial score (nSPS) is 14.0. The fraction of sp³-hybridized carbons (Fsp3) is 0.417. The van der Waals surface area contributed by atoms with Gasteiger partial charge in [0.05, 0.1) is 14.2 Å². The highest BCUT2D eigenvalue weighted by Crippen LogP contribution is 2.27. The Labute approximate surface area is 94.8 Å². The van der Waals surface area contributed by atoms with Gasteiger partial charge in [0.2, 0.25) is 0 Å². The van der Waals surface area contributed by atoms with Crippen molar-refractivity contribution in [3.05, 3.63) is 29.8 Å². The molecular formula is C12H16O4. The lowest BCUT2D eigenvalue weighted by Gasteiger charge is -2.24. The summed E-state index contributed by atoms with van der Waals surface area (Å²) < 4.78 is 9.60. The molecule has 0 aliphatic heterocycles. The third-order valence-corrected chi connectivity index (χ3v) is 2.60. The molecule has 0 saturated heterocycles. The van der Waals surface area contributed by atoms with Crippen molar-refractivity contribution in [3.63, 3.8) is 0 Å². The van der Waals surface area contributed by atoms with Crippen LogP contribution in [0, 0.1) is 0 Å². The summed E-state index contributed by atoms with van der Waals surface area (Å²) in [5.41, 5.74) is -1.08. The molecule has 0 aromatic heterocycles. The Balaban J connectivity index is 3.07. The van der Waals surface area contributed by atoms with Gasteiger partial charge in [-0.05, 0) is 24.1 Å². The first-order chi connectivity index (χ1) is 7.58. The Bertz CT molecular complexity index is 358. The first-order valence-corrected chi connectivity index (χ1v) is 5.03. The number of hydrogen-bond donors (Lipinski definition) is 1. The molecule has 1 N–H and O–H groups in total. The highest BCUT2D eigenvalue weighted by molar-refractivity contribution is 5.80. The molecule has 0 saturated carbocycles. The average molecular weight is 224 g/mol. The van der Waals surface area contributed by atoms with E-state index < -0.39 is 11.6 Å². The van der Waals surface area contributed by atoms with Crippen molar-refractivity contribution in [2.24, 2.45) is 0 Å². The van der Waals surface area contributed by atoms with E-state index in [0.29, 0.717) is 11.3 Å². The van der Waals surface area contributed by atoms with Crippen LogP contribution < -0.4 is 4.74 Å². The summed E-state index contributed by atoms with van der Waals surface area (Å²) in [7, 11) is 2.81. The molecule has 1 aromatic carbocycles. The molecule has 1 unspecified atom stereocenters. The van der Waals surface area contributed by atoms with Crippen LogP contribution in [-0.2, 0) is 15.1 Å². The van der Waals surface area contributed by atoms with Gasteiger partial charge < -0.3 is 14.6 Å². The third kappa shape index (κ3) is 2.17. The van der Waals surface area contributed by atoms with Gasteiger partial charge in [0.25, 0.3) is 0 Å². The van der Waals surface area contributed by atoms with Crippen LogP contribution in [0.2, 0.25) is 0 Å². The second-order valence-electron chi connectivity index (χ2n) is 3.43. The van der Waals surface area contributed by atoms with Crippen molar-refractivity contribution < 1.29 is 19.4 Å².